The van der Waals surface area contributed by atoms with Crippen LogP contribution in [0.2, 0.25) is 0 Å². The molecule has 0 spiro atoms. The number of aromatic amines is 1. The Labute approximate surface area is 94.1 Å². The molecule has 1 saturated carbocycles. The minimum atomic E-state index is 0.767. The van der Waals surface area contributed by atoms with E-state index < -0.39 is 0 Å². The average Bonchev–Trinajstić information content (AvgIpc) is 2.83. The van der Waals surface area contributed by atoms with Crippen molar-refractivity contribution in [2.24, 2.45) is 0 Å². The zero-order valence-corrected chi connectivity index (χ0v) is 9.07. The zero-order chi connectivity index (χ0) is 10.8. The van der Waals surface area contributed by atoms with Gasteiger partial charge in [-0.05, 0) is 18.9 Å². The van der Waals surface area contributed by atoms with Gasteiger partial charge < -0.3 is 14.7 Å². The largest absolute Gasteiger partial charge is 0.472 e. The van der Waals surface area contributed by atoms with Crippen LogP contribution >= 0.6 is 0 Å². The van der Waals surface area contributed by atoms with Crippen LogP contribution in [-0.4, -0.2) is 22.6 Å². The maximum absolute atomic E-state index is 5.04. The van der Waals surface area contributed by atoms with Crippen LogP contribution in [-0.2, 0) is 6.42 Å². The van der Waals surface area contributed by atoms with Crippen molar-refractivity contribution in [3.8, 4) is 11.3 Å². The van der Waals surface area contributed by atoms with Gasteiger partial charge in [-0.3, -0.25) is 0 Å². The highest BCUT2D eigenvalue weighted by Crippen LogP contribution is 2.19. The lowest BCUT2D eigenvalue weighted by Gasteiger charge is -1.99. The van der Waals surface area contributed by atoms with E-state index in [2.05, 4.69) is 15.3 Å². The third-order valence-corrected chi connectivity index (χ3v) is 2.83. The molecule has 1 aliphatic rings. The minimum Gasteiger partial charge on any atom is -0.472 e. The lowest BCUT2D eigenvalue weighted by Crippen LogP contribution is -2.19. The summed E-state index contributed by atoms with van der Waals surface area (Å²) in [7, 11) is 0. The summed E-state index contributed by atoms with van der Waals surface area (Å²) in [4.78, 5) is 7.65. The van der Waals surface area contributed by atoms with Crippen LogP contribution in [0.15, 0.2) is 29.2 Å². The molecule has 1 fully saturated rings. The zero-order valence-electron chi connectivity index (χ0n) is 9.07. The Balaban J connectivity index is 1.59. The van der Waals surface area contributed by atoms with Crippen LogP contribution in [0.1, 0.15) is 18.7 Å². The highest BCUT2D eigenvalue weighted by Gasteiger charge is 2.19. The van der Waals surface area contributed by atoms with E-state index in [9.17, 15) is 0 Å². The van der Waals surface area contributed by atoms with Crippen molar-refractivity contribution in [2.45, 2.75) is 25.3 Å². The molecule has 0 bridgehead atoms. The summed E-state index contributed by atoms with van der Waals surface area (Å²) in [6, 6.07) is 2.70. The summed E-state index contributed by atoms with van der Waals surface area (Å²) in [5.41, 5.74) is 2.07. The molecular weight excluding hydrogens is 202 g/mol. The molecule has 3 rings (SSSR count). The fraction of sp³-hybridized carbons (Fsp3) is 0.417. The first kappa shape index (κ1) is 9.66. The molecule has 0 aromatic carbocycles. The Bertz CT molecular complexity index is 443. The molecule has 0 radical (unpaired) electrons. The molecule has 84 valence electrons. The number of imidazole rings is 1. The van der Waals surface area contributed by atoms with Gasteiger partial charge in [0.1, 0.15) is 5.82 Å². The molecular formula is C12H15N3O. The van der Waals surface area contributed by atoms with Crippen LogP contribution in [0.3, 0.4) is 0 Å². The Morgan fingerprint density at radius 2 is 2.44 bits per heavy atom. The van der Waals surface area contributed by atoms with Gasteiger partial charge in [-0.25, -0.2) is 4.98 Å². The molecule has 2 aromatic heterocycles. The van der Waals surface area contributed by atoms with Gasteiger partial charge in [0.15, 0.2) is 0 Å². The molecule has 0 aliphatic heterocycles. The smallest absolute Gasteiger partial charge is 0.107 e. The molecule has 2 N–H and O–H groups in total. The normalized spacial score (nSPS) is 15.5. The second-order valence-corrected chi connectivity index (χ2v) is 4.23. The van der Waals surface area contributed by atoms with Crippen LogP contribution in [0.5, 0.6) is 0 Å². The Morgan fingerprint density at radius 1 is 1.50 bits per heavy atom. The number of aromatic nitrogens is 2. The summed E-state index contributed by atoms with van der Waals surface area (Å²) in [5, 5.41) is 3.47. The van der Waals surface area contributed by atoms with E-state index in [4.69, 9.17) is 4.42 Å². The molecule has 4 nitrogen and oxygen atoms in total. The SMILES string of the molecule is c1cc(-c2cnc(CCNC3CC3)[nH]2)co1. The third-order valence-electron chi connectivity index (χ3n) is 2.83. The molecule has 0 amide bonds. The molecule has 2 heterocycles. The van der Waals surface area contributed by atoms with Crippen molar-refractivity contribution in [3.63, 3.8) is 0 Å². The molecule has 16 heavy (non-hydrogen) atoms. The fourth-order valence-corrected chi connectivity index (χ4v) is 1.74. The Morgan fingerprint density at radius 3 is 3.19 bits per heavy atom. The van der Waals surface area contributed by atoms with Gasteiger partial charge in [-0.2, -0.15) is 0 Å². The monoisotopic (exact) mass is 217 g/mol. The first-order valence-electron chi connectivity index (χ1n) is 5.71. The second-order valence-electron chi connectivity index (χ2n) is 4.23. The lowest BCUT2D eigenvalue weighted by molar-refractivity contribution is 0.568. The van der Waals surface area contributed by atoms with Gasteiger partial charge in [0.25, 0.3) is 0 Å². The highest BCUT2D eigenvalue weighted by atomic mass is 16.3. The van der Waals surface area contributed by atoms with Crippen molar-refractivity contribution in [1.29, 1.82) is 0 Å². The second kappa shape index (κ2) is 4.14. The van der Waals surface area contributed by atoms with Gasteiger partial charge in [-0.15, -0.1) is 0 Å². The summed E-state index contributed by atoms with van der Waals surface area (Å²) in [6.45, 7) is 1.00. The number of nitrogens with zero attached hydrogens (tertiary/aromatic N) is 1. The highest BCUT2D eigenvalue weighted by molar-refractivity contribution is 5.56. The van der Waals surface area contributed by atoms with E-state index in [1.54, 1.807) is 12.5 Å². The van der Waals surface area contributed by atoms with Gasteiger partial charge in [-0.1, -0.05) is 0 Å². The third kappa shape index (κ3) is 2.17. The molecule has 0 unspecified atom stereocenters. The molecule has 0 saturated heterocycles. The summed E-state index contributed by atoms with van der Waals surface area (Å²) >= 11 is 0. The number of furan rings is 1. The van der Waals surface area contributed by atoms with E-state index in [0.29, 0.717) is 0 Å². The van der Waals surface area contributed by atoms with E-state index in [0.717, 1.165) is 36.1 Å². The maximum atomic E-state index is 5.04. The van der Waals surface area contributed by atoms with Gasteiger partial charge >= 0.3 is 0 Å². The number of hydrogen-bond acceptors (Lipinski definition) is 3. The Hall–Kier alpha value is -1.55. The van der Waals surface area contributed by atoms with Crippen molar-refractivity contribution >= 4 is 0 Å². The number of rotatable bonds is 5. The van der Waals surface area contributed by atoms with Gasteiger partial charge in [0.05, 0.1) is 24.4 Å². The lowest BCUT2D eigenvalue weighted by atomic mass is 10.3. The van der Waals surface area contributed by atoms with E-state index in [1.165, 1.54) is 12.8 Å². The van der Waals surface area contributed by atoms with Crippen LogP contribution in [0.4, 0.5) is 0 Å². The quantitative estimate of drug-likeness (QED) is 0.805. The number of hydrogen-bond donors (Lipinski definition) is 2. The van der Waals surface area contributed by atoms with Crippen molar-refractivity contribution in [2.75, 3.05) is 6.54 Å². The van der Waals surface area contributed by atoms with E-state index in [-0.39, 0.29) is 0 Å². The summed E-state index contributed by atoms with van der Waals surface area (Å²) < 4.78 is 5.04. The fourth-order valence-electron chi connectivity index (χ4n) is 1.74. The summed E-state index contributed by atoms with van der Waals surface area (Å²) in [5.74, 6) is 1.03. The van der Waals surface area contributed by atoms with Crippen LogP contribution < -0.4 is 5.32 Å². The molecule has 4 heteroatoms. The maximum Gasteiger partial charge on any atom is 0.107 e. The topological polar surface area (TPSA) is 53.9 Å². The predicted molar refractivity (Wildman–Crippen MR) is 61.0 cm³/mol. The van der Waals surface area contributed by atoms with Gasteiger partial charge in [0.2, 0.25) is 0 Å². The van der Waals surface area contributed by atoms with Crippen LogP contribution in [0.25, 0.3) is 11.3 Å². The van der Waals surface area contributed by atoms with E-state index >= 15 is 0 Å². The van der Waals surface area contributed by atoms with Crippen LogP contribution in [0, 0.1) is 0 Å². The minimum absolute atomic E-state index is 0.767. The van der Waals surface area contributed by atoms with Crippen molar-refractivity contribution in [1.82, 2.24) is 15.3 Å². The molecule has 1 aliphatic carbocycles. The number of H-pyrrole nitrogens is 1. The molecule has 2 aromatic rings. The standard InChI is InChI=1S/C12H15N3O/c1-2-10(1)13-5-3-12-14-7-11(15-12)9-4-6-16-8-9/h4,6-8,10,13H,1-3,5H2,(H,14,15). The first-order valence-corrected chi connectivity index (χ1v) is 5.71. The average molecular weight is 217 g/mol. The van der Waals surface area contributed by atoms with E-state index in [1.807, 2.05) is 12.3 Å². The Kier molecular flexibility index (Phi) is 2.50. The van der Waals surface area contributed by atoms with Crippen molar-refractivity contribution in [3.05, 3.63) is 30.6 Å². The first-order chi connectivity index (χ1) is 7.92. The summed E-state index contributed by atoms with van der Waals surface area (Å²) in [6.07, 6.45) is 8.87. The van der Waals surface area contributed by atoms with Crippen molar-refractivity contribution < 1.29 is 4.42 Å². The molecule has 0 atom stereocenters. The predicted octanol–water partition coefficient (Wildman–Crippen LogP) is 1.96. The van der Waals surface area contributed by atoms with Gasteiger partial charge in [0, 0.05) is 24.6 Å². The number of nitrogens with one attached hydrogen (secondary N) is 2.